The SMILES string of the molecule is CC(=O)N(c1ccc(C)c(C)c1)c1nc(CSc2ncnc3sc4c(c23)CCC4)cs1. The molecule has 1 aliphatic rings. The number of thioether (sulfide) groups is 1. The van der Waals surface area contributed by atoms with Crippen molar-refractivity contribution in [3.8, 4) is 0 Å². The summed E-state index contributed by atoms with van der Waals surface area (Å²) in [5.41, 5.74) is 5.63. The fourth-order valence-electron chi connectivity index (χ4n) is 3.91. The predicted molar refractivity (Wildman–Crippen MR) is 130 cm³/mol. The fourth-order valence-corrected chi connectivity index (χ4v) is 7.11. The number of aromatic nitrogens is 3. The Hall–Kier alpha value is -2.29. The maximum atomic E-state index is 12.4. The lowest BCUT2D eigenvalue weighted by Crippen LogP contribution is -2.22. The van der Waals surface area contributed by atoms with E-state index in [1.165, 1.54) is 39.1 Å². The molecule has 0 saturated heterocycles. The van der Waals surface area contributed by atoms with E-state index in [1.807, 2.05) is 34.9 Å². The second-order valence-electron chi connectivity index (χ2n) is 7.75. The summed E-state index contributed by atoms with van der Waals surface area (Å²) in [5, 5.41) is 5.02. The molecule has 3 heterocycles. The number of thiophene rings is 1. The number of aryl methyl sites for hydroxylation is 4. The number of carbonyl (C=O) groups is 1. The van der Waals surface area contributed by atoms with Crippen LogP contribution in [0.25, 0.3) is 10.2 Å². The monoisotopic (exact) mass is 466 g/mol. The highest BCUT2D eigenvalue weighted by Crippen LogP contribution is 2.41. The average molecular weight is 467 g/mol. The van der Waals surface area contributed by atoms with Gasteiger partial charge in [0.15, 0.2) is 5.13 Å². The van der Waals surface area contributed by atoms with Crippen LogP contribution < -0.4 is 4.90 Å². The van der Waals surface area contributed by atoms with E-state index in [0.29, 0.717) is 10.9 Å². The summed E-state index contributed by atoms with van der Waals surface area (Å²) in [6.07, 6.45) is 5.18. The molecule has 3 aromatic heterocycles. The molecule has 158 valence electrons. The lowest BCUT2D eigenvalue weighted by atomic mass is 10.1. The van der Waals surface area contributed by atoms with Gasteiger partial charge in [-0.05, 0) is 61.9 Å². The first-order valence-electron chi connectivity index (χ1n) is 10.2. The van der Waals surface area contributed by atoms with Crippen molar-refractivity contribution < 1.29 is 4.79 Å². The molecule has 0 bridgehead atoms. The van der Waals surface area contributed by atoms with Crippen LogP contribution in [0, 0.1) is 13.8 Å². The third-order valence-corrected chi connectivity index (χ3v) is 8.72. The van der Waals surface area contributed by atoms with E-state index in [0.717, 1.165) is 39.6 Å². The van der Waals surface area contributed by atoms with Crippen molar-refractivity contribution in [3.63, 3.8) is 0 Å². The van der Waals surface area contributed by atoms with E-state index in [2.05, 4.69) is 23.8 Å². The Balaban J connectivity index is 1.39. The van der Waals surface area contributed by atoms with Crippen molar-refractivity contribution in [1.82, 2.24) is 15.0 Å². The quantitative estimate of drug-likeness (QED) is 0.258. The number of thiazole rings is 1. The number of anilines is 2. The number of amides is 1. The first kappa shape index (κ1) is 20.6. The van der Waals surface area contributed by atoms with Gasteiger partial charge in [0.1, 0.15) is 16.2 Å². The normalized spacial score (nSPS) is 13.0. The predicted octanol–water partition coefficient (Wildman–Crippen LogP) is 6.23. The molecule has 1 amide bonds. The Morgan fingerprint density at radius 2 is 2.06 bits per heavy atom. The fraction of sp³-hybridized carbons (Fsp3) is 0.304. The molecule has 5 rings (SSSR count). The van der Waals surface area contributed by atoms with E-state index >= 15 is 0 Å². The summed E-state index contributed by atoms with van der Waals surface area (Å²) in [6, 6.07) is 6.07. The van der Waals surface area contributed by atoms with Gasteiger partial charge in [-0.1, -0.05) is 17.8 Å². The minimum Gasteiger partial charge on any atom is -0.274 e. The van der Waals surface area contributed by atoms with Crippen molar-refractivity contribution >= 4 is 61.4 Å². The van der Waals surface area contributed by atoms with Crippen molar-refractivity contribution in [2.75, 3.05) is 4.90 Å². The number of fused-ring (bicyclic) bond motifs is 3. The van der Waals surface area contributed by atoms with Crippen molar-refractivity contribution in [2.45, 2.75) is 50.8 Å². The van der Waals surface area contributed by atoms with Crippen LogP contribution in [-0.4, -0.2) is 20.9 Å². The molecule has 0 unspecified atom stereocenters. The van der Waals surface area contributed by atoms with E-state index < -0.39 is 0 Å². The minimum atomic E-state index is -0.0387. The zero-order chi connectivity index (χ0) is 21.5. The Morgan fingerprint density at radius 1 is 1.19 bits per heavy atom. The van der Waals surface area contributed by atoms with E-state index in [4.69, 9.17) is 4.98 Å². The smallest absolute Gasteiger partial charge is 0.230 e. The number of hydrogen-bond donors (Lipinski definition) is 0. The van der Waals surface area contributed by atoms with Crippen molar-refractivity contribution in [3.05, 3.63) is 57.2 Å². The van der Waals surface area contributed by atoms with E-state index in [-0.39, 0.29) is 5.91 Å². The van der Waals surface area contributed by atoms with Crippen LogP contribution in [0.4, 0.5) is 10.8 Å². The molecule has 31 heavy (non-hydrogen) atoms. The van der Waals surface area contributed by atoms with Crippen LogP contribution in [0.5, 0.6) is 0 Å². The van der Waals surface area contributed by atoms with E-state index in [1.54, 1.807) is 29.9 Å². The lowest BCUT2D eigenvalue weighted by molar-refractivity contribution is -0.115. The molecule has 0 atom stereocenters. The van der Waals surface area contributed by atoms with Crippen LogP contribution >= 0.6 is 34.4 Å². The van der Waals surface area contributed by atoms with Gasteiger partial charge in [-0.15, -0.1) is 22.7 Å². The molecule has 0 fully saturated rings. The van der Waals surface area contributed by atoms with E-state index in [9.17, 15) is 4.79 Å². The highest BCUT2D eigenvalue weighted by molar-refractivity contribution is 7.98. The zero-order valence-electron chi connectivity index (χ0n) is 17.6. The van der Waals surface area contributed by atoms with Gasteiger partial charge in [0.05, 0.1) is 11.4 Å². The first-order chi connectivity index (χ1) is 15.0. The summed E-state index contributed by atoms with van der Waals surface area (Å²) in [7, 11) is 0. The Morgan fingerprint density at radius 3 is 2.87 bits per heavy atom. The van der Waals surface area contributed by atoms with Crippen LogP contribution in [0.15, 0.2) is 34.9 Å². The maximum absolute atomic E-state index is 12.4. The topological polar surface area (TPSA) is 59.0 Å². The lowest BCUT2D eigenvalue weighted by Gasteiger charge is -2.19. The van der Waals surface area contributed by atoms with Gasteiger partial charge in [-0.25, -0.2) is 15.0 Å². The summed E-state index contributed by atoms with van der Waals surface area (Å²) in [4.78, 5) is 30.5. The van der Waals surface area contributed by atoms with Gasteiger partial charge in [0.25, 0.3) is 0 Å². The van der Waals surface area contributed by atoms with Crippen LogP contribution in [0.2, 0.25) is 0 Å². The molecule has 0 spiro atoms. The molecule has 1 aliphatic carbocycles. The van der Waals surface area contributed by atoms with Gasteiger partial charge in [-0.3, -0.25) is 9.69 Å². The highest BCUT2D eigenvalue weighted by atomic mass is 32.2. The summed E-state index contributed by atoms with van der Waals surface area (Å²) >= 11 is 5.02. The first-order valence-corrected chi connectivity index (χ1v) is 12.9. The molecule has 4 aromatic rings. The Bertz CT molecular complexity index is 1290. The van der Waals surface area contributed by atoms with Crippen LogP contribution in [0.1, 0.15) is 40.6 Å². The molecule has 5 nitrogen and oxygen atoms in total. The molecule has 1 aromatic carbocycles. The van der Waals surface area contributed by atoms with Gasteiger partial charge < -0.3 is 0 Å². The molecular formula is C23H22N4OS3. The van der Waals surface area contributed by atoms with Crippen LogP contribution in [-0.2, 0) is 23.4 Å². The van der Waals surface area contributed by atoms with Crippen molar-refractivity contribution in [1.29, 1.82) is 0 Å². The largest absolute Gasteiger partial charge is 0.274 e. The van der Waals surface area contributed by atoms with Gasteiger partial charge in [-0.2, -0.15) is 0 Å². The number of hydrogen-bond acceptors (Lipinski definition) is 7. The second-order valence-corrected chi connectivity index (χ2v) is 10.6. The standard InChI is InChI=1S/C23H22N4OS3/c1-13-7-8-17(9-14(13)2)27(15(3)28)23-26-16(11-30-23)10-29-21-20-18-5-4-6-19(18)31-22(20)25-12-24-21/h7-9,11-12H,4-6,10H2,1-3H3. The number of carbonyl (C=O) groups excluding carboxylic acids is 1. The number of benzene rings is 1. The zero-order valence-corrected chi connectivity index (χ0v) is 20.1. The molecule has 0 N–H and O–H groups in total. The summed E-state index contributed by atoms with van der Waals surface area (Å²) in [6.45, 7) is 5.72. The van der Waals surface area contributed by atoms with Gasteiger partial charge in [0.2, 0.25) is 5.91 Å². The van der Waals surface area contributed by atoms with Gasteiger partial charge in [0, 0.05) is 28.3 Å². The molecule has 0 radical (unpaired) electrons. The second kappa shape index (κ2) is 8.33. The molecule has 8 heteroatoms. The molecule has 0 saturated carbocycles. The third kappa shape index (κ3) is 3.88. The highest BCUT2D eigenvalue weighted by Gasteiger charge is 2.22. The summed E-state index contributed by atoms with van der Waals surface area (Å²) < 4.78 is 0. The Labute approximate surface area is 193 Å². The Kier molecular flexibility index (Phi) is 5.54. The minimum absolute atomic E-state index is 0.0387. The third-order valence-electron chi connectivity index (χ3n) is 5.62. The summed E-state index contributed by atoms with van der Waals surface area (Å²) in [5.74, 6) is 0.675. The molecule has 0 aliphatic heterocycles. The average Bonchev–Trinajstić information content (AvgIpc) is 3.45. The molecular weight excluding hydrogens is 444 g/mol. The number of nitrogens with zero attached hydrogens (tertiary/aromatic N) is 4. The van der Waals surface area contributed by atoms with Crippen molar-refractivity contribution in [2.24, 2.45) is 0 Å². The van der Waals surface area contributed by atoms with Gasteiger partial charge >= 0.3 is 0 Å². The maximum Gasteiger partial charge on any atom is 0.230 e. The van der Waals surface area contributed by atoms with Crippen LogP contribution in [0.3, 0.4) is 0 Å². The number of rotatable bonds is 5.